The van der Waals surface area contributed by atoms with E-state index in [4.69, 9.17) is 15.4 Å². The third-order valence-corrected chi connectivity index (χ3v) is 0.287. The number of nitrogens with one attached hydrogen (secondary N) is 1. The Morgan fingerprint density at radius 3 is 1.44 bits per heavy atom. The van der Waals surface area contributed by atoms with Crippen molar-refractivity contribution in [3.8, 4) is 0 Å². The van der Waals surface area contributed by atoms with E-state index in [1.165, 1.54) is 5.48 Å². The average molecular weight is 264 g/mol. The molecule has 0 saturated carbocycles. The van der Waals surface area contributed by atoms with E-state index in [9.17, 15) is 0 Å². The molecule has 0 aromatic carbocycles. The van der Waals surface area contributed by atoms with Crippen LogP contribution in [0.1, 0.15) is 0 Å². The second kappa shape index (κ2) is 7.94. The van der Waals surface area contributed by atoms with Crippen molar-refractivity contribution in [2.24, 2.45) is 5.73 Å². The van der Waals surface area contributed by atoms with Gasteiger partial charge in [-0.15, -0.1) is 0 Å². The van der Waals surface area contributed by atoms with Gasteiger partial charge in [-0.2, -0.15) is 0 Å². The number of aliphatic hydroxyl groups excluding tert-OH is 2. The zero-order chi connectivity index (χ0) is 7.86. The van der Waals surface area contributed by atoms with Gasteiger partial charge in [0, 0.05) is 0 Å². The molecule has 0 saturated heterocycles. The average Bonchev–Trinajstić information content (AvgIpc) is 1.65. The fourth-order valence-corrected chi connectivity index (χ4v) is 0. The topological polar surface area (TPSA) is 98.7 Å². The van der Waals surface area contributed by atoms with Crippen LogP contribution in [0.5, 0.6) is 0 Å². The van der Waals surface area contributed by atoms with Gasteiger partial charge in [0.2, 0.25) is 0 Å². The molecule has 0 aliphatic heterocycles. The summed E-state index contributed by atoms with van der Waals surface area (Å²) in [5, 5.41) is 23.1. The standard InChI is InChI=1S/CH3NO2Se.CH3NOSe/c3-1(5)2-4;2-1(3)4/h4H,(H2,2,3,5);(H3,2,3,4). The predicted molar refractivity (Wildman–Crippen MR) is 34.5 cm³/mol. The van der Waals surface area contributed by atoms with Gasteiger partial charge in [-0.25, -0.2) is 0 Å². The van der Waals surface area contributed by atoms with Crippen molar-refractivity contribution < 1.29 is 15.4 Å². The second-order valence-electron chi connectivity index (χ2n) is 0.755. The first kappa shape index (κ1) is 11.7. The molecule has 0 atom stereocenters. The first-order chi connectivity index (χ1) is 4.00. The Labute approximate surface area is 67.5 Å². The van der Waals surface area contributed by atoms with E-state index in [2.05, 4.69) is 36.9 Å². The Balaban J connectivity index is 0. The van der Waals surface area contributed by atoms with Crippen LogP contribution < -0.4 is 11.2 Å². The van der Waals surface area contributed by atoms with Gasteiger partial charge in [0.05, 0.1) is 0 Å². The molecule has 0 heterocycles. The fourth-order valence-electron chi connectivity index (χ4n) is 0. The van der Waals surface area contributed by atoms with Crippen molar-refractivity contribution >= 4 is 40.6 Å². The summed E-state index contributed by atoms with van der Waals surface area (Å²) in [5.74, 6) is 0. The molecule has 0 aromatic rings. The van der Waals surface area contributed by atoms with Gasteiger partial charge in [-0.3, -0.25) is 0 Å². The Morgan fingerprint density at radius 1 is 1.33 bits per heavy atom. The monoisotopic (exact) mass is 266 g/mol. The van der Waals surface area contributed by atoms with Crippen LogP contribution in [-0.2, 0) is 0 Å². The van der Waals surface area contributed by atoms with Crippen LogP contribution in [0.15, 0.2) is 0 Å². The summed E-state index contributed by atoms with van der Waals surface area (Å²) in [6.07, 6.45) is 0. The van der Waals surface area contributed by atoms with Crippen molar-refractivity contribution in [3.63, 3.8) is 0 Å². The van der Waals surface area contributed by atoms with Gasteiger partial charge in [0.25, 0.3) is 0 Å². The Kier molecular flexibility index (Phi) is 10.3. The van der Waals surface area contributed by atoms with Crippen LogP contribution in [0.4, 0.5) is 0 Å². The van der Waals surface area contributed by atoms with Crippen LogP contribution in [0.25, 0.3) is 0 Å². The molecule has 0 amide bonds. The van der Waals surface area contributed by atoms with Crippen LogP contribution in [-0.4, -0.2) is 56.0 Å². The molecule has 6 N–H and O–H groups in total. The summed E-state index contributed by atoms with van der Waals surface area (Å²) < 4.78 is -0.523. The van der Waals surface area contributed by atoms with Crippen LogP contribution in [0, 0.1) is 0 Å². The van der Waals surface area contributed by atoms with Crippen molar-refractivity contribution in [2.45, 2.75) is 0 Å². The van der Waals surface area contributed by atoms with E-state index in [-0.39, 0.29) is 9.45 Å². The molecule has 0 spiro atoms. The van der Waals surface area contributed by atoms with Gasteiger partial charge in [-0.1, -0.05) is 0 Å². The van der Waals surface area contributed by atoms with Gasteiger partial charge < -0.3 is 0 Å². The molecule has 0 bridgehead atoms. The van der Waals surface area contributed by atoms with Gasteiger partial charge in [0.1, 0.15) is 0 Å². The van der Waals surface area contributed by atoms with Crippen molar-refractivity contribution in [1.82, 2.24) is 5.48 Å². The summed E-state index contributed by atoms with van der Waals surface area (Å²) in [7, 11) is 0. The molecule has 0 unspecified atom stereocenters. The normalized spacial score (nSPS) is 6.33. The Bertz CT molecular complexity index is 102. The zero-order valence-corrected chi connectivity index (χ0v) is 7.66. The van der Waals surface area contributed by atoms with Crippen molar-refractivity contribution in [2.75, 3.05) is 0 Å². The molecular weight excluding hydrogens is 258 g/mol. The summed E-state index contributed by atoms with van der Waals surface area (Å²) >= 11 is 4.25. The molecule has 0 aromatic heterocycles. The van der Waals surface area contributed by atoms with Crippen molar-refractivity contribution in [3.05, 3.63) is 0 Å². The van der Waals surface area contributed by atoms with E-state index < -0.39 is 0 Å². The first-order valence-electron chi connectivity index (χ1n) is 1.62. The second-order valence-corrected chi connectivity index (χ2v) is 2.44. The van der Waals surface area contributed by atoms with E-state index in [0.29, 0.717) is 0 Å². The minimum absolute atomic E-state index is 0.208. The Hall–Kier alpha value is -0.0610. The fraction of sp³-hybridized carbons (Fsp3) is 0. The molecule has 0 radical (unpaired) electrons. The van der Waals surface area contributed by atoms with Crippen LogP contribution in [0.3, 0.4) is 0 Å². The van der Waals surface area contributed by atoms with E-state index in [1.54, 1.807) is 0 Å². The maximum absolute atomic E-state index is 7.86. The van der Waals surface area contributed by atoms with Gasteiger partial charge in [0.15, 0.2) is 0 Å². The summed E-state index contributed by atoms with van der Waals surface area (Å²) in [6.45, 7) is 0. The number of hydroxylamine groups is 1. The summed E-state index contributed by atoms with van der Waals surface area (Å²) in [6, 6.07) is 0. The SMILES string of the molecule is NC(O)=[Se].ONC(O)=[Se]. The quantitative estimate of drug-likeness (QED) is 0.260. The van der Waals surface area contributed by atoms with E-state index in [0.717, 1.165) is 0 Å². The van der Waals surface area contributed by atoms with E-state index >= 15 is 0 Å². The molecule has 9 heavy (non-hydrogen) atoms. The molecule has 54 valence electrons. The molecule has 0 aliphatic rings. The number of hydrogen-bond donors (Lipinski definition) is 5. The number of rotatable bonds is 1. The summed E-state index contributed by atoms with van der Waals surface area (Å²) in [5.41, 5.74) is 5.97. The molecule has 0 aliphatic carbocycles. The van der Waals surface area contributed by atoms with Gasteiger partial charge in [-0.05, 0) is 0 Å². The number of aliphatic hydroxyl groups is 2. The third-order valence-electron chi connectivity index (χ3n) is 0.0956. The van der Waals surface area contributed by atoms with Crippen LogP contribution >= 0.6 is 0 Å². The third kappa shape index (κ3) is 74.5. The summed E-state index contributed by atoms with van der Waals surface area (Å²) in [4.78, 5) is 0. The maximum atomic E-state index is 7.86. The molecule has 0 rings (SSSR count). The predicted octanol–water partition coefficient (Wildman–Crippen LogP) is -2.83. The van der Waals surface area contributed by atoms with Gasteiger partial charge >= 0.3 is 67.2 Å². The number of nitrogens with two attached hydrogens (primary N) is 1. The molecule has 0 fully saturated rings. The zero-order valence-electron chi connectivity index (χ0n) is 4.24. The van der Waals surface area contributed by atoms with E-state index in [1.807, 2.05) is 0 Å². The van der Waals surface area contributed by atoms with Crippen molar-refractivity contribution in [1.29, 1.82) is 0 Å². The number of hydrogen-bond acceptors (Lipinski definition) is 5. The minimum atomic E-state index is -0.315. The Morgan fingerprint density at radius 2 is 1.44 bits per heavy atom. The first-order valence-corrected chi connectivity index (χ1v) is 3.33. The molecule has 5 nitrogen and oxygen atoms in total. The van der Waals surface area contributed by atoms with Crippen LogP contribution in [0.2, 0.25) is 0 Å². The molecule has 7 heteroatoms. The molecular formula is C2H6N2O3Se2.